The zero-order chi connectivity index (χ0) is 42.2. The zero-order valence-corrected chi connectivity index (χ0v) is 35.0. The Bertz CT molecular complexity index is 1480. The van der Waals surface area contributed by atoms with Gasteiger partial charge in [-0.25, -0.2) is 4.79 Å². The number of carbonyl (C=O) groups excluding carboxylic acids is 4. The van der Waals surface area contributed by atoms with Crippen LogP contribution in [0.1, 0.15) is 98.3 Å². The number of rotatable bonds is 7. The number of ether oxygens (including phenoxy) is 5. The van der Waals surface area contributed by atoms with Crippen LogP contribution in [-0.2, 0) is 42.9 Å². The molecule has 14 heteroatoms. The molecule has 14 atom stereocenters. The van der Waals surface area contributed by atoms with Gasteiger partial charge in [-0.15, -0.1) is 6.58 Å². The lowest BCUT2D eigenvalue weighted by molar-refractivity contribution is -0.302. The molecule has 3 heterocycles. The fourth-order valence-corrected chi connectivity index (χ4v) is 9.24. The molecule has 57 heavy (non-hydrogen) atoms. The molecule has 0 aromatic carbocycles. The summed E-state index contributed by atoms with van der Waals surface area (Å²) < 4.78 is 29.6. The maximum absolute atomic E-state index is 14.2. The average molecular weight is 805 g/mol. The molecule has 0 radical (unpaired) electrons. The fraction of sp³-hybridized carbons (Fsp3) is 0.767. The van der Waals surface area contributed by atoms with Crippen LogP contribution in [0, 0.1) is 23.7 Å². The molecular weight excluding hydrogens is 736 g/mol. The van der Waals surface area contributed by atoms with Crippen molar-refractivity contribution in [3.05, 3.63) is 36.0 Å². The summed E-state index contributed by atoms with van der Waals surface area (Å²) in [6, 6.07) is -2.44. The number of ketones is 2. The average Bonchev–Trinajstić information content (AvgIpc) is 3.18. The van der Waals surface area contributed by atoms with Crippen molar-refractivity contribution in [2.45, 2.75) is 159 Å². The maximum atomic E-state index is 14.2. The minimum atomic E-state index is -2.53. The summed E-state index contributed by atoms with van der Waals surface area (Å²) in [7, 11) is 4.57. The first kappa shape index (κ1) is 46.9. The number of aliphatic hydroxyl groups excluding tert-OH is 2. The molecule has 0 aromatic heterocycles. The van der Waals surface area contributed by atoms with Gasteiger partial charge in [0.2, 0.25) is 5.79 Å². The van der Waals surface area contributed by atoms with Crippen molar-refractivity contribution in [1.82, 2.24) is 4.90 Å². The maximum Gasteiger partial charge on any atom is 0.329 e. The van der Waals surface area contributed by atoms with Crippen molar-refractivity contribution in [3.63, 3.8) is 0 Å². The number of esters is 1. The Balaban J connectivity index is 1.78. The summed E-state index contributed by atoms with van der Waals surface area (Å²) in [5.74, 6) is -7.40. The number of cyclic esters (lactones) is 1. The Morgan fingerprint density at radius 1 is 0.965 bits per heavy atom. The molecule has 1 aliphatic carbocycles. The summed E-state index contributed by atoms with van der Waals surface area (Å²) in [6.45, 7) is 11.2. The van der Waals surface area contributed by atoms with E-state index in [0.29, 0.717) is 56.9 Å². The highest BCUT2D eigenvalue weighted by molar-refractivity contribution is 6.39. The van der Waals surface area contributed by atoms with E-state index in [-0.39, 0.29) is 43.4 Å². The van der Waals surface area contributed by atoms with E-state index in [1.165, 1.54) is 21.3 Å². The molecule has 4 aliphatic rings. The first-order valence-electron chi connectivity index (χ1n) is 20.6. The first-order valence-corrected chi connectivity index (χ1v) is 20.6. The Hall–Kier alpha value is -2.82. The van der Waals surface area contributed by atoms with Crippen LogP contribution in [0.25, 0.3) is 0 Å². The van der Waals surface area contributed by atoms with Crippen LogP contribution in [0.5, 0.6) is 0 Å². The van der Waals surface area contributed by atoms with E-state index < -0.39 is 90.1 Å². The van der Waals surface area contributed by atoms with Crippen LogP contribution in [0.4, 0.5) is 0 Å². The highest BCUT2D eigenvalue weighted by atomic mass is 16.7. The molecule has 0 unspecified atom stereocenters. The Morgan fingerprint density at radius 2 is 1.63 bits per heavy atom. The molecule has 0 spiro atoms. The third kappa shape index (κ3) is 11.3. The number of fused-ring (bicyclic) bond motifs is 3. The Labute approximate surface area is 338 Å². The number of nitrogens with two attached hydrogens (primary N) is 1. The summed E-state index contributed by atoms with van der Waals surface area (Å²) in [6.07, 6.45) is 3.81. The molecular formula is C43H68N2O12. The van der Waals surface area contributed by atoms with Gasteiger partial charge in [-0.1, -0.05) is 37.6 Å². The van der Waals surface area contributed by atoms with Crippen LogP contribution in [0.15, 0.2) is 36.0 Å². The molecule has 5 N–H and O–H groups in total. The van der Waals surface area contributed by atoms with E-state index in [2.05, 4.69) is 6.58 Å². The number of hydrogen-bond acceptors (Lipinski definition) is 13. The van der Waals surface area contributed by atoms with Gasteiger partial charge < -0.3 is 49.6 Å². The van der Waals surface area contributed by atoms with Gasteiger partial charge in [0, 0.05) is 46.1 Å². The lowest BCUT2D eigenvalue weighted by Gasteiger charge is -2.47. The van der Waals surface area contributed by atoms with Crippen molar-refractivity contribution in [1.29, 1.82) is 0 Å². The fourth-order valence-electron chi connectivity index (χ4n) is 9.24. The monoisotopic (exact) mass is 804 g/mol. The van der Waals surface area contributed by atoms with Crippen molar-refractivity contribution < 1.29 is 58.2 Å². The number of amides is 1. The summed E-state index contributed by atoms with van der Waals surface area (Å²) in [4.78, 5) is 57.6. The lowest BCUT2D eigenvalue weighted by Crippen LogP contribution is -2.64. The van der Waals surface area contributed by atoms with Crippen molar-refractivity contribution in [3.8, 4) is 0 Å². The normalized spacial score (nSPS) is 41.0. The number of hydrogen-bond donors (Lipinski definition) is 4. The number of nitrogens with zero attached hydrogens (tertiary/aromatic N) is 1. The van der Waals surface area contributed by atoms with Crippen LogP contribution >= 0.6 is 0 Å². The van der Waals surface area contributed by atoms with Crippen LogP contribution in [0.3, 0.4) is 0 Å². The van der Waals surface area contributed by atoms with E-state index in [4.69, 9.17) is 29.4 Å². The van der Waals surface area contributed by atoms with Crippen molar-refractivity contribution in [2.24, 2.45) is 29.4 Å². The highest BCUT2D eigenvalue weighted by Gasteiger charge is 2.56. The molecule has 4 rings (SSSR count). The predicted octanol–water partition coefficient (Wildman–Crippen LogP) is 3.33. The quantitative estimate of drug-likeness (QED) is 0.166. The predicted molar refractivity (Wildman–Crippen MR) is 211 cm³/mol. The molecule has 322 valence electrons. The topological polar surface area (TPSA) is 204 Å². The number of methoxy groups -OCH3 is 3. The summed E-state index contributed by atoms with van der Waals surface area (Å²) >= 11 is 0. The summed E-state index contributed by atoms with van der Waals surface area (Å²) in [5.41, 5.74) is 8.18. The number of piperidine rings is 1. The van der Waals surface area contributed by atoms with E-state index >= 15 is 0 Å². The third-order valence-electron chi connectivity index (χ3n) is 12.6. The second-order valence-corrected chi connectivity index (χ2v) is 17.0. The first-order chi connectivity index (χ1) is 27.0. The Morgan fingerprint density at radius 3 is 2.28 bits per heavy atom. The largest absolute Gasteiger partial charge is 0.455 e. The number of aliphatic hydroxyl groups is 3. The van der Waals surface area contributed by atoms with Gasteiger partial charge in [0.05, 0.1) is 36.6 Å². The Kier molecular flexibility index (Phi) is 17.2. The SMILES string of the molecule is C=CC[C@@H]1/C=C(\C)C[C@H](C)C[C@H](OC)[C@H]2O[C@@](O)(C(=O)C(=O)N3CCCC[C@H]3C(=O)O[C@H](/C(C)=C/[C@@H]3CC[C@@H](O)[C@H](OC)C3)[C@H](N)[C@@H](O)CC1=O)[C@H](C)C[C@@H]2OC. The second kappa shape index (κ2) is 20.9. The smallest absolute Gasteiger partial charge is 0.329 e. The number of Topliss-reactive ketones (excluding diaryl/α,β-unsaturated/α-hetero) is 2. The van der Waals surface area contributed by atoms with E-state index in [9.17, 15) is 34.5 Å². The van der Waals surface area contributed by atoms with Crippen molar-refractivity contribution in [2.75, 3.05) is 27.9 Å². The number of carbonyl (C=O) groups is 4. The van der Waals surface area contributed by atoms with Gasteiger partial charge in [-0.3, -0.25) is 14.4 Å². The van der Waals surface area contributed by atoms with Gasteiger partial charge in [-0.2, -0.15) is 0 Å². The van der Waals surface area contributed by atoms with Gasteiger partial charge in [0.15, 0.2) is 0 Å². The highest BCUT2D eigenvalue weighted by Crippen LogP contribution is 2.39. The zero-order valence-electron chi connectivity index (χ0n) is 35.0. The van der Waals surface area contributed by atoms with Crippen LogP contribution < -0.4 is 5.73 Å². The van der Waals surface area contributed by atoms with Crippen LogP contribution in [0.2, 0.25) is 0 Å². The van der Waals surface area contributed by atoms with Crippen LogP contribution in [-0.4, -0.2) is 132 Å². The van der Waals surface area contributed by atoms with E-state index in [1.54, 1.807) is 19.9 Å². The second-order valence-electron chi connectivity index (χ2n) is 17.0. The minimum Gasteiger partial charge on any atom is -0.455 e. The molecule has 2 saturated heterocycles. The minimum absolute atomic E-state index is 0.0101. The molecule has 1 amide bonds. The lowest BCUT2D eigenvalue weighted by atomic mass is 9.82. The molecule has 3 aliphatic heterocycles. The van der Waals surface area contributed by atoms with Gasteiger partial charge >= 0.3 is 5.97 Å². The van der Waals surface area contributed by atoms with Gasteiger partial charge in [-0.05, 0) is 95.5 Å². The third-order valence-corrected chi connectivity index (χ3v) is 12.6. The molecule has 1 saturated carbocycles. The number of allylic oxidation sites excluding steroid dienone is 4. The van der Waals surface area contributed by atoms with Crippen molar-refractivity contribution >= 4 is 23.4 Å². The molecule has 2 bridgehead atoms. The van der Waals surface area contributed by atoms with E-state index in [0.717, 1.165) is 10.5 Å². The van der Waals surface area contributed by atoms with E-state index in [1.807, 2.05) is 26.0 Å². The molecule has 0 aromatic rings. The molecule has 14 nitrogen and oxygen atoms in total. The summed E-state index contributed by atoms with van der Waals surface area (Å²) in [5, 5.41) is 34.0. The van der Waals surface area contributed by atoms with Gasteiger partial charge in [0.1, 0.15) is 24.0 Å². The molecule has 3 fully saturated rings. The van der Waals surface area contributed by atoms with Gasteiger partial charge in [0.25, 0.3) is 11.7 Å². The standard InChI is InChI=1S/C43H68N2O12/c1-9-12-29-18-24(2)17-25(3)19-35(54-7)39-36(55-8)21-27(5)43(52,57-39)40(49)41(50)45-16-11-10-13-30(45)42(51)56-38(37(44)33(48)23-32(29)47)26(4)20-28-14-15-31(46)34(22-28)53-6/h9,18,20,25,27-31,33-39,46,48,52H,1,10-17,19,21-23,44H2,2-8H3/b24-18+,26-20+/t25-,27+,28-,29+,30-,31+,33-,34+,35-,36-,37+,38+,39+,43+/m0/s1.